The number of piperidine rings is 1. The molecule has 1 heterocycles. The van der Waals surface area contributed by atoms with Gasteiger partial charge in [0.15, 0.2) is 6.29 Å². The van der Waals surface area contributed by atoms with E-state index >= 15 is 0 Å². The molecule has 0 aliphatic carbocycles. The lowest BCUT2D eigenvalue weighted by Crippen LogP contribution is -2.40. The van der Waals surface area contributed by atoms with Gasteiger partial charge in [-0.3, -0.25) is 4.79 Å². The van der Waals surface area contributed by atoms with E-state index in [4.69, 9.17) is 0 Å². The quantitative estimate of drug-likeness (QED) is 0.727. The van der Waals surface area contributed by atoms with Gasteiger partial charge in [-0.2, -0.15) is 0 Å². The molecule has 0 radical (unpaired) electrons. The van der Waals surface area contributed by atoms with E-state index in [1.807, 2.05) is 13.0 Å². The van der Waals surface area contributed by atoms with Crippen molar-refractivity contribution in [3.05, 3.63) is 29.3 Å². The number of carbonyl (C=O) groups excluding carboxylic acids is 1. The second kappa shape index (κ2) is 4.91. The third kappa shape index (κ3) is 2.51. The zero-order chi connectivity index (χ0) is 12.4. The van der Waals surface area contributed by atoms with Gasteiger partial charge in [-0.1, -0.05) is 18.6 Å². The van der Waals surface area contributed by atoms with E-state index in [0.29, 0.717) is 6.04 Å². The van der Waals surface area contributed by atoms with Crippen LogP contribution in [0.25, 0.3) is 0 Å². The standard InChI is InChI=1S/C15H21NO/c1-11-4-5-15(14(9-11)10-17)16-7-6-12(2)8-13(16)3/h4-5,9-10,12-13H,6-8H2,1-3H3. The molecule has 0 saturated carbocycles. The molecule has 2 rings (SSSR count). The first-order chi connectivity index (χ1) is 8.11. The summed E-state index contributed by atoms with van der Waals surface area (Å²) in [4.78, 5) is 13.5. The van der Waals surface area contributed by atoms with Gasteiger partial charge in [0, 0.05) is 23.8 Å². The zero-order valence-electron chi connectivity index (χ0n) is 10.9. The van der Waals surface area contributed by atoms with E-state index in [1.54, 1.807) is 0 Å². The molecule has 2 heteroatoms. The van der Waals surface area contributed by atoms with Crippen molar-refractivity contribution >= 4 is 12.0 Å². The Morgan fingerprint density at radius 2 is 2.12 bits per heavy atom. The van der Waals surface area contributed by atoms with Crippen LogP contribution in [-0.2, 0) is 0 Å². The van der Waals surface area contributed by atoms with E-state index in [1.165, 1.54) is 12.8 Å². The highest BCUT2D eigenvalue weighted by molar-refractivity contribution is 5.85. The van der Waals surface area contributed by atoms with Crippen molar-refractivity contribution in [3.8, 4) is 0 Å². The molecule has 1 aromatic carbocycles. The van der Waals surface area contributed by atoms with E-state index in [-0.39, 0.29) is 0 Å². The Kier molecular flexibility index (Phi) is 3.51. The molecule has 1 saturated heterocycles. The van der Waals surface area contributed by atoms with Gasteiger partial charge in [-0.05, 0) is 44.7 Å². The second-order valence-corrected chi connectivity index (χ2v) is 5.35. The number of carbonyl (C=O) groups is 1. The van der Waals surface area contributed by atoms with E-state index < -0.39 is 0 Å². The molecule has 0 N–H and O–H groups in total. The summed E-state index contributed by atoms with van der Waals surface area (Å²) in [6, 6.07) is 6.69. The van der Waals surface area contributed by atoms with Gasteiger partial charge in [0.1, 0.15) is 0 Å². The zero-order valence-corrected chi connectivity index (χ0v) is 10.9. The van der Waals surface area contributed by atoms with Gasteiger partial charge >= 0.3 is 0 Å². The van der Waals surface area contributed by atoms with Crippen molar-refractivity contribution in [3.63, 3.8) is 0 Å². The number of rotatable bonds is 2. The first kappa shape index (κ1) is 12.2. The molecule has 1 fully saturated rings. The Morgan fingerprint density at radius 1 is 1.35 bits per heavy atom. The highest BCUT2D eigenvalue weighted by atomic mass is 16.1. The van der Waals surface area contributed by atoms with Crippen LogP contribution in [0, 0.1) is 12.8 Å². The third-order valence-corrected chi connectivity index (χ3v) is 3.76. The average Bonchev–Trinajstić information content (AvgIpc) is 2.30. The normalized spacial score (nSPS) is 24.8. The maximum Gasteiger partial charge on any atom is 0.152 e. The predicted molar refractivity (Wildman–Crippen MR) is 71.8 cm³/mol. The first-order valence-electron chi connectivity index (χ1n) is 6.44. The Labute approximate surface area is 104 Å². The van der Waals surface area contributed by atoms with Crippen molar-refractivity contribution in [1.82, 2.24) is 0 Å². The molecule has 1 aliphatic rings. The number of benzene rings is 1. The number of aldehydes is 1. The van der Waals surface area contributed by atoms with Crippen molar-refractivity contribution < 1.29 is 4.79 Å². The highest BCUT2D eigenvalue weighted by Gasteiger charge is 2.24. The van der Waals surface area contributed by atoms with Crippen LogP contribution in [0.15, 0.2) is 18.2 Å². The lowest BCUT2D eigenvalue weighted by molar-refractivity contribution is 0.112. The third-order valence-electron chi connectivity index (χ3n) is 3.76. The average molecular weight is 231 g/mol. The highest BCUT2D eigenvalue weighted by Crippen LogP contribution is 2.30. The van der Waals surface area contributed by atoms with Gasteiger partial charge in [0.05, 0.1) is 0 Å². The maximum atomic E-state index is 11.2. The summed E-state index contributed by atoms with van der Waals surface area (Å²) >= 11 is 0. The topological polar surface area (TPSA) is 20.3 Å². The summed E-state index contributed by atoms with van der Waals surface area (Å²) in [5, 5.41) is 0. The Hall–Kier alpha value is -1.31. The summed E-state index contributed by atoms with van der Waals surface area (Å²) in [6.07, 6.45) is 3.41. The van der Waals surface area contributed by atoms with Gasteiger partial charge in [0.25, 0.3) is 0 Å². The minimum Gasteiger partial charge on any atom is -0.368 e. The van der Waals surface area contributed by atoms with Crippen LogP contribution in [0.1, 0.15) is 42.6 Å². The molecule has 2 atom stereocenters. The molecule has 2 nitrogen and oxygen atoms in total. The number of nitrogens with zero attached hydrogens (tertiary/aromatic N) is 1. The SMILES string of the molecule is Cc1ccc(N2CCC(C)CC2C)c(C=O)c1. The predicted octanol–water partition coefficient (Wildman–Crippen LogP) is 3.43. The van der Waals surface area contributed by atoms with Crippen LogP contribution in [0.4, 0.5) is 5.69 Å². The van der Waals surface area contributed by atoms with Crippen LogP contribution in [-0.4, -0.2) is 18.9 Å². The largest absolute Gasteiger partial charge is 0.368 e. The Balaban J connectivity index is 2.30. The summed E-state index contributed by atoms with van der Waals surface area (Å²) in [5.74, 6) is 0.798. The second-order valence-electron chi connectivity index (χ2n) is 5.35. The number of hydrogen-bond donors (Lipinski definition) is 0. The van der Waals surface area contributed by atoms with Crippen LogP contribution in [0.3, 0.4) is 0 Å². The summed E-state index contributed by atoms with van der Waals surface area (Å²) in [6.45, 7) is 7.65. The van der Waals surface area contributed by atoms with Crippen molar-refractivity contribution in [1.29, 1.82) is 0 Å². The minimum atomic E-state index is 0.528. The molecule has 92 valence electrons. The fourth-order valence-electron chi connectivity index (χ4n) is 2.80. The molecule has 0 bridgehead atoms. The lowest BCUT2D eigenvalue weighted by atomic mass is 9.92. The van der Waals surface area contributed by atoms with Gasteiger partial charge in [0.2, 0.25) is 0 Å². The molecular weight excluding hydrogens is 210 g/mol. The van der Waals surface area contributed by atoms with Gasteiger partial charge < -0.3 is 4.90 Å². The van der Waals surface area contributed by atoms with Crippen LogP contribution < -0.4 is 4.90 Å². The minimum absolute atomic E-state index is 0.528. The van der Waals surface area contributed by atoms with Crippen LogP contribution in [0.5, 0.6) is 0 Å². The van der Waals surface area contributed by atoms with E-state index in [9.17, 15) is 4.79 Å². The van der Waals surface area contributed by atoms with Crippen molar-refractivity contribution in [2.24, 2.45) is 5.92 Å². The molecule has 0 spiro atoms. The fraction of sp³-hybridized carbons (Fsp3) is 0.533. The smallest absolute Gasteiger partial charge is 0.152 e. The summed E-state index contributed by atoms with van der Waals surface area (Å²) < 4.78 is 0. The number of anilines is 1. The molecule has 0 aromatic heterocycles. The van der Waals surface area contributed by atoms with Crippen LogP contribution in [0.2, 0.25) is 0 Å². The fourth-order valence-corrected chi connectivity index (χ4v) is 2.80. The van der Waals surface area contributed by atoms with Crippen molar-refractivity contribution in [2.45, 2.75) is 39.7 Å². The van der Waals surface area contributed by atoms with Gasteiger partial charge in [-0.15, -0.1) is 0 Å². The van der Waals surface area contributed by atoms with E-state index in [2.05, 4.69) is 30.9 Å². The summed E-state index contributed by atoms with van der Waals surface area (Å²) in [7, 11) is 0. The van der Waals surface area contributed by atoms with Gasteiger partial charge in [-0.25, -0.2) is 0 Å². The first-order valence-corrected chi connectivity index (χ1v) is 6.44. The molecule has 1 aliphatic heterocycles. The molecular formula is C15H21NO. The molecule has 1 aromatic rings. The number of hydrogen-bond acceptors (Lipinski definition) is 2. The van der Waals surface area contributed by atoms with E-state index in [0.717, 1.165) is 35.6 Å². The van der Waals surface area contributed by atoms with Crippen molar-refractivity contribution in [2.75, 3.05) is 11.4 Å². The molecule has 17 heavy (non-hydrogen) atoms. The number of aryl methyl sites for hydroxylation is 1. The monoisotopic (exact) mass is 231 g/mol. The molecule has 0 amide bonds. The lowest BCUT2D eigenvalue weighted by Gasteiger charge is -2.39. The van der Waals surface area contributed by atoms with Crippen LogP contribution >= 0.6 is 0 Å². The maximum absolute atomic E-state index is 11.2. The molecule has 2 unspecified atom stereocenters. The summed E-state index contributed by atoms with van der Waals surface area (Å²) in [5.41, 5.74) is 3.07. The Bertz CT molecular complexity index is 413. The Morgan fingerprint density at radius 3 is 2.76 bits per heavy atom.